The largest absolute Gasteiger partial charge is 0.271 e. The summed E-state index contributed by atoms with van der Waals surface area (Å²) in [5.41, 5.74) is 3.47. The Labute approximate surface area is 188 Å². The van der Waals surface area contributed by atoms with Crippen molar-refractivity contribution in [2.75, 3.05) is 0 Å². The zero-order valence-electron chi connectivity index (χ0n) is 16.9. The van der Waals surface area contributed by atoms with Gasteiger partial charge in [0.1, 0.15) is 11.9 Å². The van der Waals surface area contributed by atoms with Gasteiger partial charge in [0.2, 0.25) is 0 Å². The third-order valence-corrected chi connectivity index (χ3v) is 6.32. The highest BCUT2D eigenvalue weighted by atomic mass is 32.2. The van der Waals surface area contributed by atoms with Gasteiger partial charge in [-0.2, -0.15) is 0 Å². The molecule has 1 amide bonds. The van der Waals surface area contributed by atoms with Gasteiger partial charge in [-0.1, -0.05) is 66.4 Å². The Hall–Kier alpha value is -3.78. The number of fused-ring (bicyclic) bond motifs is 3. The first-order chi connectivity index (χ1) is 15.6. The number of nitrogens with zero attached hydrogens (tertiary/aromatic N) is 4. The summed E-state index contributed by atoms with van der Waals surface area (Å²) in [7, 11) is 0. The van der Waals surface area contributed by atoms with E-state index in [4.69, 9.17) is 9.98 Å². The predicted octanol–water partition coefficient (Wildman–Crippen LogP) is 4.73. The fourth-order valence-corrected chi connectivity index (χ4v) is 4.72. The van der Waals surface area contributed by atoms with Crippen LogP contribution in [0.15, 0.2) is 88.8 Å². The van der Waals surface area contributed by atoms with Crippen molar-refractivity contribution in [3.05, 3.63) is 106 Å². The Bertz CT molecular complexity index is 1270. The number of thioether (sulfide) groups is 1. The first kappa shape index (κ1) is 20.1. The van der Waals surface area contributed by atoms with E-state index >= 15 is 0 Å². The third-order valence-electron chi connectivity index (χ3n) is 5.31. The molecule has 0 saturated heterocycles. The van der Waals surface area contributed by atoms with Gasteiger partial charge >= 0.3 is 0 Å². The SMILES string of the molecule is O=C1[C@H](Cc2ccccc2)N=C2c3ccccc3N=C(SCc3cccc([N+](=O)[O-])c3)N12. The van der Waals surface area contributed by atoms with Crippen molar-refractivity contribution in [3.8, 4) is 0 Å². The lowest BCUT2D eigenvalue weighted by Crippen LogP contribution is -2.41. The van der Waals surface area contributed by atoms with Crippen LogP contribution in [0.3, 0.4) is 0 Å². The molecule has 2 aliphatic rings. The lowest BCUT2D eigenvalue weighted by molar-refractivity contribution is -0.384. The molecule has 0 fully saturated rings. The Balaban J connectivity index is 1.44. The molecule has 8 heteroatoms. The maximum Gasteiger partial charge on any atom is 0.269 e. The molecule has 2 aliphatic heterocycles. The van der Waals surface area contributed by atoms with Crippen LogP contribution in [0.1, 0.15) is 16.7 Å². The number of para-hydroxylation sites is 1. The second-order valence-electron chi connectivity index (χ2n) is 7.46. The Morgan fingerprint density at radius 1 is 0.969 bits per heavy atom. The lowest BCUT2D eigenvalue weighted by atomic mass is 10.1. The molecule has 0 unspecified atom stereocenters. The van der Waals surface area contributed by atoms with E-state index in [0.717, 1.165) is 22.4 Å². The second-order valence-corrected chi connectivity index (χ2v) is 8.40. The van der Waals surface area contributed by atoms with Gasteiger partial charge in [-0.3, -0.25) is 19.9 Å². The number of nitro benzene ring substituents is 1. The molecule has 0 saturated carbocycles. The smallest absolute Gasteiger partial charge is 0.269 e. The number of carbonyl (C=O) groups excluding carboxylic acids is 1. The average molecular weight is 443 g/mol. The summed E-state index contributed by atoms with van der Waals surface area (Å²) in [5, 5.41) is 11.6. The van der Waals surface area contributed by atoms with E-state index in [0.29, 0.717) is 23.2 Å². The maximum atomic E-state index is 13.3. The third kappa shape index (κ3) is 3.80. The van der Waals surface area contributed by atoms with E-state index in [2.05, 4.69) is 0 Å². The van der Waals surface area contributed by atoms with Crippen molar-refractivity contribution >= 4 is 40.0 Å². The summed E-state index contributed by atoms with van der Waals surface area (Å²) >= 11 is 1.37. The van der Waals surface area contributed by atoms with Crippen LogP contribution >= 0.6 is 11.8 Å². The van der Waals surface area contributed by atoms with Gasteiger partial charge in [0.05, 0.1) is 10.6 Å². The van der Waals surface area contributed by atoms with Crippen LogP contribution in [0.2, 0.25) is 0 Å². The monoisotopic (exact) mass is 442 g/mol. The van der Waals surface area contributed by atoms with E-state index in [1.807, 2.05) is 60.7 Å². The van der Waals surface area contributed by atoms with Crippen LogP contribution in [-0.4, -0.2) is 32.8 Å². The molecule has 1 atom stereocenters. The summed E-state index contributed by atoms with van der Waals surface area (Å²) in [6.07, 6.45) is 0.519. The number of aliphatic imine (C=N–C) groups is 2. The fraction of sp³-hybridized carbons (Fsp3) is 0.125. The molecule has 0 N–H and O–H groups in total. The van der Waals surface area contributed by atoms with Gasteiger partial charge in [0.25, 0.3) is 11.6 Å². The molecule has 3 aromatic carbocycles. The van der Waals surface area contributed by atoms with Gasteiger partial charge in [-0.15, -0.1) is 0 Å². The minimum atomic E-state index is -0.512. The average Bonchev–Trinajstić information content (AvgIpc) is 3.14. The Kier molecular flexibility index (Phi) is 5.28. The number of hydrogen-bond acceptors (Lipinski definition) is 6. The normalized spacial score (nSPS) is 16.8. The molecule has 0 spiro atoms. The molecular formula is C24H18N4O3S. The standard InChI is InChI=1S/C24H18N4O3S/c29-23-21(14-16-7-2-1-3-8-16)25-22-19-11-4-5-12-20(19)26-24(27(22)23)32-15-17-9-6-10-18(13-17)28(30)31/h1-13,21H,14-15H2/t21-/m0/s1. The van der Waals surface area contributed by atoms with Crippen LogP contribution in [0, 0.1) is 10.1 Å². The van der Waals surface area contributed by atoms with Crippen molar-refractivity contribution in [1.29, 1.82) is 0 Å². The van der Waals surface area contributed by atoms with Crippen molar-refractivity contribution in [2.24, 2.45) is 9.98 Å². The molecule has 3 aromatic rings. The zero-order valence-corrected chi connectivity index (χ0v) is 17.7. The summed E-state index contributed by atoms with van der Waals surface area (Å²) in [6.45, 7) is 0. The molecule has 0 aromatic heterocycles. The summed E-state index contributed by atoms with van der Waals surface area (Å²) in [4.78, 5) is 35.1. The molecule has 5 rings (SSSR count). The summed E-state index contributed by atoms with van der Waals surface area (Å²) in [5.74, 6) is 0.954. The maximum absolute atomic E-state index is 13.3. The van der Waals surface area contributed by atoms with Gasteiger partial charge in [0.15, 0.2) is 5.17 Å². The molecule has 158 valence electrons. The van der Waals surface area contributed by atoms with Gasteiger partial charge in [-0.05, 0) is 23.3 Å². The van der Waals surface area contributed by atoms with Gasteiger partial charge < -0.3 is 0 Å². The molecular weight excluding hydrogens is 424 g/mol. The van der Waals surface area contributed by atoms with E-state index < -0.39 is 11.0 Å². The number of rotatable bonds is 5. The number of carbonyl (C=O) groups is 1. The van der Waals surface area contributed by atoms with E-state index in [9.17, 15) is 14.9 Å². The van der Waals surface area contributed by atoms with Crippen molar-refractivity contribution < 1.29 is 9.72 Å². The van der Waals surface area contributed by atoms with Gasteiger partial charge in [0, 0.05) is 29.9 Å². The number of amidine groups is 2. The highest BCUT2D eigenvalue weighted by Crippen LogP contribution is 2.35. The number of amides is 1. The molecule has 7 nitrogen and oxygen atoms in total. The minimum absolute atomic E-state index is 0.0430. The molecule has 0 aliphatic carbocycles. The highest BCUT2D eigenvalue weighted by Gasteiger charge is 2.41. The topological polar surface area (TPSA) is 88.2 Å². The predicted molar refractivity (Wildman–Crippen MR) is 125 cm³/mol. The molecule has 32 heavy (non-hydrogen) atoms. The summed E-state index contributed by atoms with van der Waals surface area (Å²) < 4.78 is 0. The summed E-state index contributed by atoms with van der Waals surface area (Å²) in [6, 6.07) is 23.5. The quantitative estimate of drug-likeness (QED) is 0.422. The van der Waals surface area contributed by atoms with Gasteiger partial charge in [-0.25, -0.2) is 9.89 Å². The highest BCUT2D eigenvalue weighted by molar-refractivity contribution is 8.13. The molecule has 0 bridgehead atoms. The number of nitro groups is 1. The number of hydrogen-bond donors (Lipinski definition) is 0. The molecule has 2 heterocycles. The zero-order chi connectivity index (χ0) is 22.1. The van der Waals surface area contributed by atoms with E-state index in [1.54, 1.807) is 17.0 Å². The van der Waals surface area contributed by atoms with Crippen molar-refractivity contribution in [3.63, 3.8) is 0 Å². The number of benzene rings is 3. The second kappa shape index (κ2) is 8.39. The fourth-order valence-electron chi connectivity index (χ4n) is 3.78. The van der Waals surface area contributed by atoms with E-state index in [1.165, 1.54) is 17.8 Å². The van der Waals surface area contributed by atoms with Crippen LogP contribution in [-0.2, 0) is 17.0 Å². The van der Waals surface area contributed by atoms with Crippen LogP contribution in [0.25, 0.3) is 0 Å². The van der Waals surface area contributed by atoms with Crippen molar-refractivity contribution in [1.82, 2.24) is 4.90 Å². The van der Waals surface area contributed by atoms with Crippen LogP contribution in [0.5, 0.6) is 0 Å². The van der Waals surface area contributed by atoms with Crippen LogP contribution < -0.4 is 0 Å². The van der Waals surface area contributed by atoms with Crippen molar-refractivity contribution in [2.45, 2.75) is 18.2 Å². The molecule has 0 radical (unpaired) electrons. The minimum Gasteiger partial charge on any atom is -0.271 e. The Morgan fingerprint density at radius 3 is 2.53 bits per heavy atom. The first-order valence-corrected chi connectivity index (χ1v) is 11.1. The van der Waals surface area contributed by atoms with Crippen LogP contribution in [0.4, 0.5) is 11.4 Å². The van der Waals surface area contributed by atoms with E-state index in [-0.39, 0.29) is 11.6 Å². The lowest BCUT2D eigenvalue weighted by Gasteiger charge is -2.25. The first-order valence-electron chi connectivity index (χ1n) is 10.1. The number of non-ortho nitro benzene ring substituents is 1. The Morgan fingerprint density at radius 2 is 1.72 bits per heavy atom.